The lowest BCUT2D eigenvalue weighted by atomic mass is 9.86. The maximum Gasteiger partial charge on any atom is 0.416 e. The van der Waals surface area contributed by atoms with Crippen molar-refractivity contribution in [2.75, 3.05) is 26.3 Å². The van der Waals surface area contributed by atoms with Gasteiger partial charge in [-0.3, -0.25) is 9.80 Å². The number of likely N-dealkylation sites (tertiary alicyclic amines) is 1. The van der Waals surface area contributed by atoms with E-state index in [1.165, 1.54) is 13.0 Å². The van der Waals surface area contributed by atoms with Gasteiger partial charge >= 0.3 is 24.6 Å². The van der Waals surface area contributed by atoms with Crippen LogP contribution in [0.25, 0.3) is 0 Å². The lowest BCUT2D eigenvalue weighted by molar-refractivity contribution is -0.143. The normalized spacial score (nSPS) is 21.8. The van der Waals surface area contributed by atoms with Crippen LogP contribution in [0.3, 0.4) is 0 Å². The first kappa shape index (κ1) is 36.8. The van der Waals surface area contributed by atoms with Crippen molar-refractivity contribution < 1.29 is 58.2 Å². The van der Waals surface area contributed by atoms with Crippen LogP contribution in [0.5, 0.6) is 0 Å². The number of benzene rings is 2. The molecule has 0 aromatic heterocycles. The number of cyclic esters (lactones) is 1. The van der Waals surface area contributed by atoms with Gasteiger partial charge in [0.15, 0.2) is 0 Å². The number of amides is 1. The molecule has 0 N–H and O–H groups in total. The molecule has 5 nitrogen and oxygen atoms in total. The van der Waals surface area contributed by atoms with Gasteiger partial charge in [-0.15, -0.1) is 0 Å². The van der Waals surface area contributed by atoms with Gasteiger partial charge in [0.1, 0.15) is 11.8 Å². The quantitative estimate of drug-likeness (QED) is 0.247. The maximum atomic E-state index is 15.3. The highest BCUT2D eigenvalue weighted by Crippen LogP contribution is 2.43. The molecular weight excluding hydrogens is 650 g/mol. The van der Waals surface area contributed by atoms with Crippen LogP contribution in [-0.4, -0.2) is 53.9 Å². The van der Waals surface area contributed by atoms with Gasteiger partial charge in [-0.1, -0.05) is 19.9 Å². The van der Waals surface area contributed by atoms with E-state index in [1.54, 1.807) is 6.92 Å². The monoisotopic (exact) mass is 686 g/mol. The van der Waals surface area contributed by atoms with Crippen LogP contribution in [-0.2, 0) is 34.5 Å². The summed E-state index contributed by atoms with van der Waals surface area (Å²) < 4.78 is 149. The number of carbonyl (C=O) groups excluding carboxylic acids is 1. The second-order valence-electron chi connectivity index (χ2n) is 12.4. The van der Waals surface area contributed by atoms with Crippen molar-refractivity contribution in [3.63, 3.8) is 0 Å². The summed E-state index contributed by atoms with van der Waals surface area (Å²) in [5.41, 5.74) is -5.83. The first-order valence-corrected chi connectivity index (χ1v) is 15.1. The van der Waals surface area contributed by atoms with Gasteiger partial charge in [0.25, 0.3) is 0 Å². The predicted octanol–water partition coefficient (Wildman–Crippen LogP) is 9.36. The van der Waals surface area contributed by atoms with Crippen LogP contribution in [0.2, 0.25) is 0 Å². The Bertz CT molecular complexity index is 1380. The van der Waals surface area contributed by atoms with Crippen molar-refractivity contribution in [2.24, 2.45) is 5.92 Å². The Morgan fingerprint density at radius 3 is 1.94 bits per heavy atom. The second-order valence-corrected chi connectivity index (χ2v) is 12.4. The highest BCUT2D eigenvalue weighted by molar-refractivity contribution is 5.71. The Balaban J connectivity index is 1.70. The molecule has 0 saturated carbocycles. The summed E-state index contributed by atoms with van der Waals surface area (Å²) in [5, 5.41) is 0. The minimum atomic E-state index is -5.14. The largest absolute Gasteiger partial charge is 0.439 e. The minimum absolute atomic E-state index is 0.0476. The lowest BCUT2D eigenvalue weighted by Crippen LogP contribution is -2.47. The summed E-state index contributed by atoms with van der Waals surface area (Å²) in [5.74, 6) is -0.189. The molecule has 2 saturated heterocycles. The molecule has 3 atom stereocenters. The third-order valence-electron chi connectivity index (χ3n) is 8.74. The van der Waals surface area contributed by atoms with Gasteiger partial charge in [-0.25, -0.2) is 9.18 Å². The van der Waals surface area contributed by atoms with Crippen LogP contribution in [0.4, 0.5) is 48.7 Å². The minimum Gasteiger partial charge on any atom is -0.439 e. The zero-order valence-electron chi connectivity index (χ0n) is 26.1. The molecule has 0 spiro atoms. The molecule has 2 aliphatic heterocycles. The molecule has 262 valence electrons. The predicted molar refractivity (Wildman–Crippen MR) is 151 cm³/mol. The average molecular weight is 687 g/mol. The molecule has 2 heterocycles. The fourth-order valence-corrected chi connectivity index (χ4v) is 6.30. The van der Waals surface area contributed by atoms with Gasteiger partial charge in [0.2, 0.25) is 0 Å². The summed E-state index contributed by atoms with van der Waals surface area (Å²) in [6, 6.07) is 2.29. The standard InChI is InChI=1S/C32H36F10N2O3/c1-5-46-17-29(33)8-10-43(11-9-29)26(18(2)3)25-7-6-22(30(34,35)36)14-21(25)16-44-19(4)27(47-28(44)45)20-12-23(31(37,38)39)15-24(13-20)32(40,41)42/h6-7,12-15,18-19,26-27H,5,8-11,16-17H2,1-4H3/t19-,26-,27-/m0/s1. The highest BCUT2D eigenvalue weighted by atomic mass is 19.4. The molecular formula is C32H36F10N2O3. The number of rotatable bonds is 9. The van der Waals surface area contributed by atoms with Crippen molar-refractivity contribution in [3.05, 3.63) is 69.8 Å². The Morgan fingerprint density at radius 1 is 0.894 bits per heavy atom. The van der Waals surface area contributed by atoms with Crippen LogP contribution in [0, 0.1) is 5.92 Å². The third kappa shape index (κ3) is 8.33. The first-order chi connectivity index (χ1) is 21.6. The highest BCUT2D eigenvalue weighted by Gasteiger charge is 2.45. The van der Waals surface area contributed by atoms with E-state index in [2.05, 4.69) is 0 Å². The van der Waals surface area contributed by atoms with Crippen molar-refractivity contribution in [2.45, 2.75) is 89.5 Å². The first-order valence-electron chi connectivity index (χ1n) is 15.1. The molecule has 2 fully saturated rings. The van der Waals surface area contributed by atoms with Crippen molar-refractivity contribution in [3.8, 4) is 0 Å². The number of hydrogen-bond acceptors (Lipinski definition) is 4. The fraction of sp³-hybridized carbons (Fsp3) is 0.594. The second kappa shape index (κ2) is 13.4. The lowest BCUT2D eigenvalue weighted by Gasteiger charge is -2.42. The van der Waals surface area contributed by atoms with E-state index >= 15 is 4.39 Å². The van der Waals surface area contributed by atoms with E-state index in [4.69, 9.17) is 9.47 Å². The van der Waals surface area contributed by atoms with Gasteiger partial charge in [0.05, 0.1) is 29.3 Å². The van der Waals surface area contributed by atoms with Crippen LogP contribution in [0.15, 0.2) is 36.4 Å². The van der Waals surface area contributed by atoms with Crippen LogP contribution < -0.4 is 0 Å². The molecule has 2 aromatic carbocycles. The molecule has 0 aliphatic carbocycles. The molecule has 2 aromatic rings. The number of halogens is 10. The van der Waals surface area contributed by atoms with Gasteiger partial charge in [0, 0.05) is 32.3 Å². The van der Waals surface area contributed by atoms with Crippen LogP contribution >= 0.6 is 0 Å². The third-order valence-corrected chi connectivity index (χ3v) is 8.74. The van der Waals surface area contributed by atoms with E-state index < -0.39 is 77.3 Å². The van der Waals surface area contributed by atoms with Crippen molar-refractivity contribution in [1.82, 2.24) is 9.80 Å². The van der Waals surface area contributed by atoms with Crippen LogP contribution in [0.1, 0.15) is 86.1 Å². The topological polar surface area (TPSA) is 42.0 Å². The molecule has 2 aliphatic rings. The van der Waals surface area contributed by atoms with E-state index in [0.29, 0.717) is 24.3 Å². The summed E-state index contributed by atoms with van der Waals surface area (Å²) in [6.45, 7) is 7.10. The molecule has 15 heteroatoms. The van der Waals surface area contributed by atoms with E-state index in [0.717, 1.165) is 17.0 Å². The summed E-state index contributed by atoms with van der Waals surface area (Å²) in [4.78, 5) is 16.0. The van der Waals surface area contributed by atoms with E-state index in [9.17, 15) is 44.3 Å². The number of alkyl halides is 10. The average Bonchev–Trinajstić information content (AvgIpc) is 3.24. The molecule has 0 unspecified atom stereocenters. The summed E-state index contributed by atoms with van der Waals surface area (Å²) >= 11 is 0. The fourth-order valence-electron chi connectivity index (χ4n) is 6.30. The number of piperidine rings is 1. The molecule has 1 amide bonds. The zero-order chi connectivity index (χ0) is 35.1. The number of carbonyl (C=O) groups is 1. The number of nitrogens with zero attached hydrogens (tertiary/aromatic N) is 2. The van der Waals surface area contributed by atoms with Crippen molar-refractivity contribution >= 4 is 6.09 Å². The Hall–Kier alpha value is -3.07. The zero-order valence-corrected chi connectivity index (χ0v) is 26.1. The smallest absolute Gasteiger partial charge is 0.416 e. The Kier molecular flexibility index (Phi) is 10.5. The molecule has 47 heavy (non-hydrogen) atoms. The Morgan fingerprint density at radius 2 is 1.45 bits per heavy atom. The van der Waals surface area contributed by atoms with Gasteiger partial charge in [-0.2, -0.15) is 39.5 Å². The Labute approximate surface area is 265 Å². The SMILES string of the molecule is CCOCC1(F)CCN([C@H](c2ccc(C(F)(F)F)cc2CN2C(=O)O[C@H](c3cc(C(F)(F)F)cc(C(F)(F)F)c3)[C@@H]2C)C(C)C)CC1. The number of hydrogen-bond donors (Lipinski definition) is 0. The van der Waals surface area contributed by atoms with Crippen molar-refractivity contribution in [1.29, 1.82) is 0 Å². The van der Waals surface area contributed by atoms with Gasteiger partial charge in [-0.05, 0) is 79.6 Å². The molecule has 4 rings (SSSR count). The summed E-state index contributed by atoms with van der Waals surface area (Å²) in [6.07, 6.45) is -17.5. The van der Waals surface area contributed by atoms with Gasteiger partial charge < -0.3 is 9.47 Å². The van der Waals surface area contributed by atoms with E-state index in [-0.39, 0.29) is 50.1 Å². The summed E-state index contributed by atoms with van der Waals surface area (Å²) in [7, 11) is 0. The molecule has 0 radical (unpaired) electrons. The number of ether oxygens (including phenoxy) is 2. The maximum absolute atomic E-state index is 15.3. The molecule has 0 bridgehead atoms. The van der Waals surface area contributed by atoms with E-state index in [1.807, 2.05) is 18.7 Å².